The van der Waals surface area contributed by atoms with E-state index in [1.54, 1.807) is 20.8 Å². The van der Waals surface area contributed by atoms with Crippen molar-refractivity contribution in [3.63, 3.8) is 0 Å². The second-order valence-corrected chi connectivity index (χ2v) is 7.50. The highest BCUT2D eigenvalue weighted by Crippen LogP contribution is 2.27. The number of amides is 2. The summed E-state index contributed by atoms with van der Waals surface area (Å²) < 4.78 is 11.3. The van der Waals surface area contributed by atoms with Gasteiger partial charge in [0.1, 0.15) is 17.4 Å². The van der Waals surface area contributed by atoms with E-state index in [0.717, 1.165) is 24.8 Å². The van der Waals surface area contributed by atoms with Crippen LogP contribution in [-0.4, -0.2) is 35.2 Å². The average Bonchev–Trinajstić information content (AvgIpc) is 2.86. The molecule has 0 spiro atoms. The molecular formula is C21H29NO4. The van der Waals surface area contributed by atoms with Crippen LogP contribution < -0.4 is 0 Å². The van der Waals surface area contributed by atoms with Gasteiger partial charge < -0.3 is 9.47 Å². The Morgan fingerprint density at radius 1 is 1.15 bits per heavy atom. The van der Waals surface area contributed by atoms with Crippen LogP contribution in [0.4, 0.5) is 4.79 Å². The molecule has 0 aromatic heterocycles. The van der Waals surface area contributed by atoms with Crippen LogP contribution in [0, 0.1) is 0 Å². The Hall–Kier alpha value is -2.30. The number of rotatable bonds is 7. The minimum Gasteiger partial charge on any atom is -0.495 e. The largest absolute Gasteiger partial charge is 0.495 e. The first-order chi connectivity index (χ1) is 12.3. The number of carbonyl (C=O) groups excluding carboxylic acids is 2. The fraction of sp³-hybridized carbons (Fsp3) is 0.524. The van der Waals surface area contributed by atoms with E-state index in [9.17, 15) is 9.59 Å². The molecule has 2 amide bonds. The molecule has 1 heterocycles. The molecule has 0 saturated carbocycles. The highest BCUT2D eigenvalue weighted by molar-refractivity contribution is 6.02. The van der Waals surface area contributed by atoms with Crippen molar-refractivity contribution in [1.29, 1.82) is 0 Å². The molecule has 1 aliphatic rings. The Balaban J connectivity index is 2.17. The number of carbonyl (C=O) groups is 2. The first-order valence-electron chi connectivity index (χ1n) is 9.26. The monoisotopic (exact) mass is 359 g/mol. The Labute approximate surface area is 156 Å². The Bertz CT molecular complexity index is 646. The normalized spacial score (nSPS) is 17.2. The molecule has 2 rings (SSSR count). The Kier molecular flexibility index (Phi) is 6.83. The van der Waals surface area contributed by atoms with Gasteiger partial charge in [0.05, 0.1) is 6.61 Å². The molecular weight excluding hydrogens is 330 g/mol. The zero-order valence-corrected chi connectivity index (χ0v) is 16.2. The summed E-state index contributed by atoms with van der Waals surface area (Å²) in [5.41, 5.74) is 0.364. The summed E-state index contributed by atoms with van der Waals surface area (Å²) in [6.45, 7) is 8.02. The van der Waals surface area contributed by atoms with E-state index >= 15 is 0 Å². The molecule has 1 atom stereocenters. The highest BCUT2D eigenvalue weighted by atomic mass is 16.6. The van der Waals surface area contributed by atoms with E-state index in [1.807, 2.05) is 30.3 Å². The van der Waals surface area contributed by atoms with E-state index in [2.05, 4.69) is 6.92 Å². The number of benzene rings is 1. The zero-order chi connectivity index (χ0) is 19.2. The first-order valence-corrected chi connectivity index (χ1v) is 9.26. The van der Waals surface area contributed by atoms with E-state index in [0.29, 0.717) is 18.8 Å². The second kappa shape index (κ2) is 8.88. The van der Waals surface area contributed by atoms with Gasteiger partial charge in [-0.15, -0.1) is 0 Å². The van der Waals surface area contributed by atoms with Crippen molar-refractivity contribution in [2.45, 2.75) is 65.0 Å². The summed E-state index contributed by atoms with van der Waals surface area (Å²) in [7, 11) is 0. The van der Waals surface area contributed by atoms with E-state index in [-0.39, 0.29) is 5.91 Å². The average molecular weight is 359 g/mol. The minimum atomic E-state index is -0.667. The number of hydrogen-bond donors (Lipinski definition) is 0. The van der Waals surface area contributed by atoms with E-state index in [4.69, 9.17) is 9.47 Å². The molecule has 0 bridgehead atoms. The SMILES string of the molecule is CCCCCOC1=CC(=O)N(C(=O)OC(C)(C)C)C1Cc1ccccc1. The van der Waals surface area contributed by atoms with Crippen molar-refractivity contribution >= 4 is 12.0 Å². The molecule has 5 heteroatoms. The molecule has 142 valence electrons. The van der Waals surface area contributed by atoms with Crippen LogP contribution in [-0.2, 0) is 20.7 Å². The number of nitrogens with zero attached hydrogens (tertiary/aromatic N) is 1. The lowest BCUT2D eigenvalue weighted by Crippen LogP contribution is -2.44. The van der Waals surface area contributed by atoms with Crippen LogP contribution in [0.25, 0.3) is 0 Å². The molecule has 1 aromatic rings. The topological polar surface area (TPSA) is 55.8 Å². The van der Waals surface area contributed by atoms with Crippen molar-refractivity contribution in [3.8, 4) is 0 Å². The highest BCUT2D eigenvalue weighted by Gasteiger charge is 2.40. The van der Waals surface area contributed by atoms with Crippen LogP contribution in [0.5, 0.6) is 0 Å². The van der Waals surface area contributed by atoms with Crippen LogP contribution in [0.1, 0.15) is 52.5 Å². The minimum absolute atomic E-state index is 0.384. The molecule has 0 saturated heterocycles. The van der Waals surface area contributed by atoms with Gasteiger partial charge in [0.2, 0.25) is 0 Å². The quantitative estimate of drug-likeness (QED) is 0.674. The molecule has 1 aromatic carbocycles. The van der Waals surface area contributed by atoms with Crippen molar-refractivity contribution < 1.29 is 19.1 Å². The van der Waals surface area contributed by atoms with Gasteiger partial charge in [-0.05, 0) is 32.8 Å². The second-order valence-electron chi connectivity index (χ2n) is 7.50. The van der Waals surface area contributed by atoms with Crippen molar-refractivity contribution in [2.24, 2.45) is 0 Å². The van der Waals surface area contributed by atoms with Crippen LogP contribution in [0.3, 0.4) is 0 Å². The zero-order valence-electron chi connectivity index (χ0n) is 16.2. The van der Waals surface area contributed by atoms with Gasteiger partial charge in [0.15, 0.2) is 0 Å². The molecule has 26 heavy (non-hydrogen) atoms. The number of imide groups is 1. The molecule has 0 N–H and O–H groups in total. The number of unbranched alkanes of at least 4 members (excludes halogenated alkanes) is 2. The van der Waals surface area contributed by atoms with E-state index < -0.39 is 17.7 Å². The molecule has 0 radical (unpaired) electrons. The first kappa shape index (κ1) is 20.0. The van der Waals surface area contributed by atoms with Crippen molar-refractivity contribution in [2.75, 3.05) is 6.61 Å². The summed E-state index contributed by atoms with van der Waals surface area (Å²) in [4.78, 5) is 26.2. The Morgan fingerprint density at radius 3 is 2.46 bits per heavy atom. The Morgan fingerprint density at radius 2 is 1.85 bits per heavy atom. The van der Waals surface area contributed by atoms with Crippen molar-refractivity contribution in [3.05, 3.63) is 47.7 Å². The maximum absolute atomic E-state index is 12.6. The van der Waals surface area contributed by atoms with Crippen LogP contribution in [0.2, 0.25) is 0 Å². The predicted molar refractivity (Wildman–Crippen MR) is 101 cm³/mol. The van der Waals surface area contributed by atoms with Gasteiger partial charge >= 0.3 is 6.09 Å². The summed E-state index contributed by atoms with van der Waals surface area (Å²) >= 11 is 0. The number of ether oxygens (including phenoxy) is 2. The van der Waals surface area contributed by atoms with Gasteiger partial charge in [-0.2, -0.15) is 0 Å². The predicted octanol–water partition coefficient (Wildman–Crippen LogP) is 4.47. The van der Waals surface area contributed by atoms with Gasteiger partial charge in [0.25, 0.3) is 5.91 Å². The lowest BCUT2D eigenvalue weighted by atomic mass is 10.0. The lowest BCUT2D eigenvalue weighted by molar-refractivity contribution is -0.125. The lowest BCUT2D eigenvalue weighted by Gasteiger charge is -2.28. The summed E-state index contributed by atoms with van der Waals surface area (Å²) in [5.74, 6) is 0.159. The fourth-order valence-electron chi connectivity index (χ4n) is 2.81. The maximum Gasteiger partial charge on any atom is 0.418 e. The fourth-order valence-corrected chi connectivity index (χ4v) is 2.81. The third-order valence-electron chi connectivity index (χ3n) is 4.02. The van der Waals surface area contributed by atoms with E-state index in [1.165, 1.54) is 11.0 Å². The maximum atomic E-state index is 12.6. The summed E-state index contributed by atoms with van der Waals surface area (Å²) in [5, 5.41) is 0. The molecule has 5 nitrogen and oxygen atoms in total. The summed E-state index contributed by atoms with van der Waals surface area (Å²) in [6.07, 6.45) is 4.38. The van der Waals surface area contributed by atoms with Gasteiger partial charge in [-0.1, -0.05) is 50.1 Å². The van der Waals surface area contributed by atoms with Crippen LogP contribution >= 0.6 is 0 Å². The molecule has 0 fully saturated rings. The third-order valence-corrected chi connectivity index (χ3v) is 4.02. The standard InChI is InChI=1S/C21H29NO4/c1-5-6-10-13-25-18-15-19(23)22(20(24)26-21(2,3)4)17(18)14-16-11-8-7-9-12-16/h7-9,11-12,15,17H,5-6,10,13-14H2,1-4H3. The van der Waals surface area contributed by atoms with Gasteiger partial charge in [-0.3, -0.25) is 4.79 Å². The molecule has 1 unspecified atom stereocenters. The van der Waals surface area contributed by atoms with Crippen molar-refractivity contribution in [1.82, 2.24) is 4.90 Å². The van der Waals surface area contributed by atoms with Gasteiger partial charge in [-0.25, -0.2) is 9.69 Å². The third kappa shape index (κ3) is 5.61. The summed E-state index contributed by atoms with van der Waals surface area (Å²) in [6, 6.07) is 9.30. The smallest absolute Gasteiger partial charge is 0.418 e. The van der Waals surface area contributed by atoms with Gasteiger partial charge in [0, 0.05) is 12.5 Å². The van der Waals surface area contributed by atoms with Crippen LogP contribution in [0.15, 0.2) is 42.2 Å². The molecule has 0 aliphatic carbocycles. The number of hydrogen-bond acceptors (Lipinski definition) is 4. The molecule has 1 aliphatic heterocycles.